The first-order valence-corrected chi connectivity index (χ1v) is 5.31. The third-order valence-electron chi connectivity index (χ3n) is 2.36. The van der Waals surface area contributed by atoms with Crippen LogP contribution in [0.4, 0.5) is 5.69 Å². The molecule has 0 aliphatic heterocycles. The zero-order valence-corrected chi connectivity index (χ0v) is 9.55. The molecule has 0 spiro atoms. The number of carbonyl (C=O) groups is 1. The first kappa shape index (κ1) is 13.1. The van der Waals surface area contributed by atoms with E-state index >= 15 is 0 Å². The summed E-state index contributed by atoms with van der Waals surface area (Å²) in [7, 11) is 0. The monoisotopic (exact) mass is 237 g/mol. The Kier molecular flexibility index (Phi) is 4.59. The summed E-state index contributed by atoms with van der Waals surface area (Å²) in [6.45, 7) is 2.06. The summed E-state index contributed by atoms with van der Waals surface area (Å²) in [5.74, 6) is -0.251. The number of nitro groups is 1. The molecule has 0 heterocycles. The van der Waals surface area contributed by atoms with E-state index in [0.29, 0.717) is 12.0 Å². The standard InChI is InChI=1S/C11H15N3O3/c1-2-10(12)11(15)13-7-8-4-3-5-9(6-8)14(16)17/h3-6,10H,2,7,12H2,1H3,(H,13,15)/t10-/m0/s1. The van der Waals surface area contributed by atoms with Gasteiger partial charge in [-0.1, -0.05) is 19.1 Å². The zero-order chi connectivity index (χ0) is 12.8. The fraction of sp³-hybridized carbons (Fsp3) is 0.364. The maximum absolute atomic E-state index is 11.4. The van der Waals surface area contributed by atoms with Crippen LogP contribution in [0.2, 0.25) is 0 Å². The third-order valence-corrected chi connectivity index (χ3v) is 2.36. The fourth-order valence-electron chi connectivity index (χ4n) is 1.29. The highest BCUT2D eigenvalue weighted by Gasteiger charge is 2.11. The highest BCUT2D eigenvalue weighted by Crippen LogP contribution is 2.12. The van der Waals surface area contributed by atoms with Gasteiger partial charge in [-0.25, -0.2) is 0 Å². The summed E-state index contributed by atoms with van der Waals surface area (Å²) in [6, 6.07) is 5.60. The summed E-state index contributed by atoms with van der Waals surface area (Å²) in [5, 5.41) is 13.2. The number of nitrogens with zero attached hydrogens (tertiary/aromatic N) is 1. The second kappa shape index (κ2) is 5.95. The van der Waals surface area contributed by atoms with Crippen LogP contribution in [-0.4, -0.2) is 16.9 Å². The fourth-order valence-corrected chi connectivity index (χ4v) is 1.29. The van der Waals surface area contributed by atoms with Crippen molar-refractivity contribution in [3.63, 3.8) is 0 Å². The molecule has 1 rings (SSSR count). The van der Waals surface area contributed by atoms with E-state index in [1.807, 2.05) is 6.92 Å². The van der Waals surface area contributed by atoms with Crippen LogP contribution in [-0.2, 0) is 11.3 Å². The van der Waals surface area contributed by atoms with Crippen LogP contribution in [0.15, 0.2) is 24.3 Å². The minimum Gasteiger partial charge on any atom is -0.351 e. The van der Waals surface area contributed by atoms with E-state index in [1.165, 1.54) is 12.1 Å². The molecule has 1 aromatic rings. The summed E-state index contributed by atoms with van der Waals surface area (Å²) in [5.41, 5.74) is 6.23. The minimum atomic E-state index is -0.534. The zero-order valence-electron chi connectivity index (χ0n) is 9.55. The summed E-state index contributed by atoms with van der Waals surface area (Å²) >= 11 is 0. The molecule has 0 bridgehead atoms. The lowest BCUT2D eigenvalue weighted by Gasteiger charge is -2.09. The van der Waals surface area contributed by atoms with Gasteiger partial charge in [0.15, 0.2) is 0 Å². The number of nitro benzene ring substituents is 1. The largest absolute Gasteiger partial charge is 0.351 e. The smallest absolute Gasteiger partial charge is 0.269 e. The van der Waals surface area contributed by atoms with Crippen LogP contribution in [0.25, 0.3) is 0 Å². The molecule has 0 aromatic heterocycles. The van der Waals surface area contributed by atoms with Crippen molar-refractivity contribution in [3.8, 4) is 0 Å². The maximum Gasteiger partial charge on any atom is 0.269 e. The van der Waals surface area contributed by atoms with Crippen molar-refractivity contribution in [1.82, 2.24) is 5.32 Å². The van der Waals surface area contributed by atoms with Gasteiger partial charge < -0.3 is 11.1 Å². The normalized spacial score (nSPS) is 11.9. The molecule has 17 heavy (non-hydrogen) atoms. The number of amides is 1. The molecule has 0 unspecified atom stereocenters. The van der Waals surface area contributed by atoms with E-state index in [4.69, 9.17) is 5.73 Å². The number of rotatable bonds is 5. The average Bonchev–Trinajstić information content (AvgIpc) is 2.35. The van der Waals surface area contributed by atoms with Crippen molar-refractivity contribution in [1.29, 1.82) is 0 Å². The van der Waals surface area contributed by atoms with Crippen molar-refractivity contribution in [3.05, 3.63) is 39.9 Å². The molecule has 6 nitrogen and oxygen atoms in total. The van der Waals surface area contributed by atoms with Gasteiger partial charge in [-0.15, -0.1) is 0 Å². The molecule has 92 valence electrons. The highest BCUT2D eigenvalue weighted by molar-refractivity contribution is 5.81. The molecule has 1 aromatic carbocycles. The van der Waals surface area contributed by atoms with Crippen molar-refractivity contribution >= 4 is 11.6 Å². The van der Waals surface area contributed by atoms with Crippen molar-refractivity contribution in [2.45, 2.75) is 25.9 Å². The highest BCUT2D eigenvalue weighted by atomic mass is 16.6. The molecular weight excluding hydrogens is 222 g/mol. The van der Waals surface area contributed by atoms with Gasteiger partial charge in [0.05, 0.1) is 11.0 Å². The van der Waals surface area contributed by atoms with Crippen LogP contribution in [0.5, 0.6) is 0 Å². The Hall–Kier alpha value is -1.95. The van der Waals surface area contributed by atoms with Gasteiger partial charge in [0.25, 0.3) is 5.69 Å². The third kappa shape index (κ3) is 3.84. The molecule has 0 fully saturated rings. The second-order valence-electron chi connectivity index (χ2n) is 3.66. The van der Waals surface area contributed by atoms with Gasteiger partial charge in [0.1, 0.15) is 0 Å². The lowest BCUT2D eigenvalue weighted by molar-refractivity contribution is -0.384. The van der Waals surface area contributed by atoms with E-state index in [2.05, 4.69) is 5.32 Å². The molecule has 0 radical (unpaired) electrons. The Morgan fingerprint density at radius 3 is 2.88 bits per heavy atom. The maximum atomic E-state index is 11.4. The number of hydrogen-bond acceptors (Lipinski definition) is 4. The summed E-state index contributed by atoms with van der Waals surface area (Å²) < 4.78 is 0. The Bertz CT molecular complexity index is 420. The molecule has 0 aliphatic carbocycles. The van der Waals surface area contributed by atoms with E-state index in [9.17, 15) is 14.9 Å². The van der Waals surface area contributed by atoms with E-state index in [1.54, 1.807) is 12.1 Å². The second-order valence-corrected chi connectivity index (χ2v) is 3.66. The van der Waals surface area contributed by atoms with Crippen LogP contribution in [0.3, 0.4) is 0 Å². The van der Waals surface area contributed by atoms with Gasteiger partial charge in [-0.05, 0) is 12.0 Å². The van der Waals surface area contributed by atoms with E-state index in [-0.39, 0.29) is 18.1 Å². The molecule has 3 N–H and O–H groups in total. The Morgan fingerprint density at radius 2 is 2.29 bits per heavy atom. The first-order valence-electron chi connectivity index (χ1n) is 5.31. The lowest BCUT2D eigenvalue weighted by Crippen LogP contribution is -2.39. The predicted molar refractivity (Wildman–Crippen MR) is 63.2 cm³/mol. The molecule has 6 heteroatoms. The number of hydrogen-bond donors (Lipinski definition) is 2. The first-order chi connectivity index (χ1) is 8.04. The SMILES string of the molecule is CC[C@H](N)C(=O)NCc1cccc([N+](=O)[O-])c1. The van der Waals surface area contributed by atoms with Gasteiger partial charge in [-0.2, -0.15) is 0 Å². The van der Waals surface area contributed by atoms with E-state index < -0.39 is 11.0 Å². The molecule has 1 atom stereocenters. The summed E-state index contributed by atoms with van der Waals surface area (Å²) in [4.78, 5) is 21.5. The van der Waals surface area contributed by atoms with E-state index in [0.717, 1.165) is 0 Å². The summed E-state index contributed by atoms with van der Waals surface area (Å²) in [6.07, 6.45) is 0.556. The molecule has 1 amide bonds. The quantitative estimate of drug-likeness (QED) is 0.588. The van der Waals surface area contributed by atoms with Gasteiger partial charge in [0, 0.05) is 18.7 Å². The molecule has 0 saturated carbocycles. The van der Waals surface area contributed by atoms with Gasteiger partial charge >= 0.3 is 0 Å². The molecule has 0 saturated heterocycles. The number of carbonyl (C=O) groups excluding carboxylic acids is 1. The molecular formula is C11H15N3O3. The Balaban J connectivity index is 2.60. The predicted octanol–water partition coefficient (Wildman–Crippen LogP) is 0.948. The van der Waals surface area contributed by atoms with Crippen LogP contribution >= 0.6 is 0 Å². The van der Waals surface area contributed by atoms with Gasteiger partial charge in [0.2, 0.25) is 5.91 Å². The minimum absolute atomic E-state index is 0.0107. The van der Waals surface area contributed by atoms with Gasteiger partial charge in [-0.3, -0.25) is 14.9 Å². The molecule has 0 aliphatic rings. The van der Waals surface area contributed by atoms with Crippen LogP contribution in [0.1, 0.15) is 18.9 Å². The van der Waals surface area contributed by atoms with Crippen molar-refractivity contribution < 1.29 is 9.72 Å². The topological polar surface area (TPSA) is 98.3 Å². The van der Waals surface area contributed by atoms with Crippen molar-refractivity contribution in [2.75, 3.05) is 0 Å². The number of nitrogens with one attached hydrogen (secondary N) is 1. The number of nitrogens with two attached hydrogens (primary N) is 1. The van der Waals surface area contributed by atoms with Crippen molar-refractivity contribution in [2.24, 2.45) is 5.73 Å². The Morgan fingerprint density at radius 1 is 1.59 bits per heavy atom. The average molecular weight is 237 g/mol. The Labute approximate surface area is 99.0 Å². The lowest BCUT2D eigenvalue weighted by atomic mass is 10.2. The van der Waals surface area contributed by atoms with Crippen LogP contribution in [0, 0.1) is 10.1 Å². The number of non-ortho nitro benzene ring substituents is 1. The number of benzene rings is 1. The van der Waals surface area contributed by atoms with Crippen LogP contribution < -0.4 is 11.1 Å².